The molecule has 8 heteroatoms. The molecule has 2 aliphatic heterocycles. The van der Waals surface area contributed by atoms with Gasteiger partial charge in [-0.1, -0.05) is 0 Å². The van der Waals surface area contributed by atoms with Crippen molar-refractivity contribution in [3.63, 3.8) is 0 Å². The lowest BCUT2D eigenvalue weighted by Crippen LogP contribution is -2.48. The number of rotatable bonds is 4. The summed E-state index contributed by atoms with van der Waals surface area (Å²) in [6.45, 7) is 3.53. The highest BCUT2D eigenvalue weighted by Gasteiger charge is 2.48. The van der Waals surface area contributed by atoms with Gasteiger partial charge in [0.05, 0.1) is 24.6 Å². The van der Waals surface area contributed by atoms with Crippen LogP contribution in [0.4, 0.5) is 0 Å². The van der Waals surface area contributed by atoms with E-state index in [-0.39, 0.29) is 17.3 Å². The van der Waals surface area contributed by atoms with Gasteiger partial charge in [-0.3, -0.25) is 4.79 Å². The van der Waals surface area contributed by atoms with Gasteiger partial charge in [-0.15, -0.1) is 0 Å². The molecule has 3 fully saturated rings. The van der Waals surface area contributed by atoms with Crippen molar-refractivity contribution in [1.29, 1.82) is 0 Å². The SMILES string of the molecule is CC(=O)NC[C@@H]1CC[C@]2(COCCN(S(=O)(=O)C3CC3)C2)O1. The molecule has 0 aromatic rings. The molecule has 2 atom stereocenters. The van der Waals surface area contributed by atoms with Crippen LogP contribution in [0.1, 0.15) is 32.6 Å². The van der Waals surface area contributed by atoms with E-state index >= 15 is 0 Å². The average Bonchev–Trinajstić information content (AvgIpc) is 3.25. The van der Waals surface area contributed by atoms with Crippen LogP contribution in [0.15, 0.2) is 0 Å². The lowest BCUT2D eigenvalue weighted by atomic mass is 10.0. The molecule has 1 N–H and O–H groups in total. The van der Waals surface area contributed by atoms with E-state index in [9.17, 15) is 13.2 Å². The standard InChI is InChI=1S/C14H24N2O5S/c1-11(17)15-8-12-4-5-14(21-12)9-16(6-7-20-10-14)22(18,19)13-2-3-13/h12-13H,2-10H2,1H3,(H,15,17)/t12-,14-/m0/s1. The molecule has 3 aliphatic rings. The first-order valence-electron chi connectivity index (χ1n) is 7.90. The summed E-state index contributed by atoms with van der Waals surface area (Å²) >= 11 is 0. The van der Waals surface area contributed by atoms with E-state index in [0.29, 0.717) is 32.8 Å². The largest absolute Gasteiger partial charge is 0.377 e. The minimum absolute atomic E-state index is 0.0731. The van der Waals surface area contributed by atoms with Crippen LogP contribution < -0.4 is 5.32 Å². The van der Waals surface area contributed by atoms with Gasteiger partial charge in [-0.25, -0.2) is 8.42 Å². The van der Waals surface area contributed by atoms with E-state index in [1.54, 1.807) is 4.31 Å². The van der Waals surface area contributed by atoms with Crippen molar-refractivity contribution in [3.05, 3.63) is 0 Å². The Morgan fingerprint density at radius 1 is 1.36 bits per heavy atom. The topological polar surface area (TPSA) is 84.9 Å². The minimum Gasteiger partial charge on any atom is -0.377 e. The maximum Gasteiger partial charge on any atom is 0.217 e. The van der Waals surface area contributed by atoms with Gasteiger partial charge >= 0.3 is 0 Å². The fraction of sp³-hybridized carbons (Fsp3) is 0.929. The van der Waals surface area contributed by atoms with Crippen LogP contribution in [-0.2, 0) is 24.3 Å². The van der Waals surface area contributed by atoms with Crippen LogP contribution in [-0.4, -0.2) is 68.4 Å². The predicted molar refractivity (Wildman–Crippen MR) is 79.9 cm³/mol. The minimum atomic E-state index is -3.22. The molecule has 1 aliphatic carbocycles. The number of carbonyl (C=O) groups excluding carboxylic acids is 1. The molecular weight excluding hydrogens is 308 g/mol. The first kappa shape index (κ1) is 16.2. The van der Waals surface area contributed by atoms with Gasteiger partial charge in [0, 0.05) is 26.6 Å². The monoisotopic (exact) mass is 332 g/mol. The van der Waals surface area contributed by atoms with Gasteiger partial charge in [0.1, 0.15) is 5.60 Å². The fourth-order valence-electron chi connectivity index (χ4n) is 3.18. The highest BCUT2D eigenvalue weighted by Crippen LogP contribution is 2.37. The Morgan fingerprint density at radius 2 is 2.14 bits per heavy atom. The summed E-state index contributed by atoms with van der Waals surface area (Å²) in [7, 11) is -3.22. The molecule has 0 bridgehead atoms. The molecule has 2 heterocycles. The Kier molecular flexibility index (Phi) is 4.46. The second-order valence-corrected chi connectivity index (χ2v) is 8.74. The van der Waals surface area contributed by atoms with Crippen molar-refractivity contribution in [1.82, 2.24) is 9.62 Å². The molecule has 0 aromatic carbocycles. The Hall–Kier alpha value is -0.700. The van der Waals surface area contributed by atoms with E-state index in [4.69, 9.17) is 9.47 Å². The second kappa shape index (κ2) is 6.07. The Balaban J connectivity index is 1.66. The van der Waals surface area contributed by atoms with Crippen molar-refractivity contribution in [2.75, 3.05) is 32.8 Å². The first-order chi connectivity index (χ1) is 10.4. The molecule has 0 radical (unpaired) electrons. The van der Waals surface area contributed by atoms with E-state index in [0.717, 1.165) is 25.7 Å². The number of hydrogen-bond donors (Lipinski definition) is 1. The Bertz CT molecular complexity index is 533. The second-order valence-electron chi connectivity index (χ2n) is 6.53. The molecule has 7 nitrogen and oxygen atoms in total. The summed E-state index contributed by atoms with van der Waals surface area (Å²) in [5.74, 6) is -0.0837. The maximum absolute atomic E-state index is 12.5. The van der Waals surface area contributed by atoms with Crippen LogP contribution >= 0.6 is 0 Å². The summed E-state index contributed by atoms with van der Waals surface area (Å²) in [4.78, 5) is 11.0. The van der Waals surface area contributed by atoms with Gasteiger partial charge < -0.3 is 14.8 Å². The molecule has 1 amide bonds. The lowest BCUT2D eigenvalue weighted by molar-refractivity contribution is -0.120. The summed E-state index contributed by atoms with van der Waals surface area (Å²) in [6.07, 6.45) is 3.02. The molecule has 0 aromatic heterocycles. The Morgan fingerprint density at radius 3 is 2.82 bits per heavy atom. The predicted octanol–water partition coefficient (Wildman–Crippen LogP) is -0.135. The molecule has 1 saturated carbocycles. The lowest BCUT2D eigenvalue weighted by Gasteiger charge is -2.31. The molecule has 126 valence electrons. The normalized spacial score (nSPS) is 33.8. The van der Waals surface area contributed by atoms with Gasteiger partial charge in [0.15, 0.2) is 0 Å². The van der Waals surface area contributed by atoms with Crippen molar-refractivity contribution < 1.29 is 22.7 Å². The molecule has 22 heavy (non-hydrogen) atoms. The summed E-state index contributed by atoms with van der Waals surface area (Å²) in [6, 6.07) is 0. The molecule has 3 rings (SSSR count). The average molecular weight is 332 g/mol. The molecule has 0 unspecified atom stereocenters. The Labute approximate surface area is 131 Å². The first-order valence-corrected chi connectivity index (χ1v) is 9.41. The summed E-state index contributed by atoms with van der Waals surface area (Å²) < 4.78 is 38.3. The number of hydrogen-bond acceptors (Lipinski definition) is 5. The number of carbonyl (C=O) groups is 1. The molecular formula is C14H24N2O5S. The highest BCUT2D eigenvalue weighted by atomic mass is 32.2. The third-order valence-corrected chi connectivity index (χ3v) is 6.88. The van der Waals surface area contributed by atoms with E-state index in [1.807, 2.05) is 0 Å². The molecule has 1 spiro atoms. The van der Waals surface area contributed by atoms with Crippen LogP contribution in [0, 0.1) is 0 Å². The van der Waals surface area contributed by atoms with Gasteiger partial charge in [0.2, 0.25) is 15.9 Å². The van der Waals surface area contributed by atoms with Crippen LogP contribution in [0.25, 0.3) is 0 Å². The van der Waals surface area contributed by atoms with Crippen molar-refractivity contribution in [2.24, 2.45) is 0 Å². The van der Waals surface area contributed by atoms with Gasteiger partial charge in [0.25, 0.3) is 0 Å². The maximum atomic E-state index is 12.5. The van der Waals surface area contributed by atoms with Gasteiger partial charge in [-0.05, 0) is 25.7 Å². The summed E-state index contributed by atoms with van der Waals surface area (Å²) in [5, 5.41) is 2.55. The van der Waals surface area contributed by atoms with Crippen LogP contribution in [0.3, 0.4) is 0 Å². The van der Waals surface area contributed by atoms with Crippen molar-refractivity contribution in [3.8, 4) is 0 Å². The zero-order chi connectivity index (χ0) is 15.8. The van der Waals surface area contributed by atoms with Gasteiger partial charge in [-0.2, -0.15) is 4.31 Å². The zero-order valence-electron chi connectivity index (χ0n) is 12.9. The van der Waals surface area contributed by atoms with Crippen LogP contribution in [0.5, 0.6) is 0 Å². The number of ether oxygens (including phenoxy) is 2. The zero-order valence-corrected chi connectivity index (χ0v) is 13.7. The molecule has 2 saturated heterocycles. The summed E-state index contributed by atoms with van der Waals surface area (Å²) in [5.41, 5.74) is -0.568. The third-order valence-electron chi connectivity index (χ3n) is 4.54. The van der Waals surface area contributed by atoms with Crippen molar-refractivity contribution >= 4 is 15.9 Å². The highest BCUT2D eigenvalue weighted by molar-refractivity contribution is 7.90. The van der Waals surface area contributed by atoms with E-state index in [1.165, 1.54) is 6.92 Å². The quantitative estimate of drug-likeness (QED) is 0.775. The fourth-order valence-corrected chi connectivity index (χ4v) is 5.08. The van der Waals surface area contributed by atoms with E-state index in [2.05, 4.69) is 5.32 Å². The number of nitrogens with zero attached hydrogens (tertiary/aromatic N) is 1. The third kappa shape index (κ3) is 3.45. The number of amides is 1. The number of nitrogens with one attached hydrogen (secondary N) is 1. The van der Waals surface area contributed by atoms with Crippen LogP contribution in [0.2, 0.25) is 0 Å². The van der Waals surface area contributed by atoms with E-state index < -0.39 is 15.6 Å². The van der Waals surface area contributed by atoms with Crippen molar-refractivity contribution in [2.45, 2.75) is 49.6 Å². The smallest absolute Gasteiger partial charge is 0.217 e. The number of sulfonamides is 1.